The largest absolute Gasteiger partial charge is 0.502 e. The standard InChI is InChI=1S/C12H18O5S/c1-4-16-11(14)9(13)7-8-10(18-6-3)12(15)17-5-2/h7-8,13H,4-6H2,1-3H3/b9-7-,10-8-. The van der Waals surface area contributed by atoms with Gasteiger partial charge in [0.2, 0.25) is 5.76 Å². The molecule has 0 aromatic heterocycles. The molecule has 0 saturated heterocycles. The van der Waals surface area contributed by atoms with Gasteiger partial charge in [0.15, 0.2) is 0 Å². The minimum Gasteiger partial charge on any atom is -0.502 e. The molecule has 0 bridgehead atoms. The van der Waals surface area contributed by atoms with E-state index in [4.69, 9.17) is 4.74 Å². The lowest BCUT2D eigenvalue weighted by Crippen LogP contribution is -2.08. The second kappa shape index (κ2) is 9.58. The van der Waals surface area contributed by atoms with E-state index in [9.17, 15) is 14.7 Å². The van der Waals surface area contributed by atoms with Crippen LogP contribution in [0.4, 0.5) is 0 Å². The topological polar surface area (TPSA) is 72.8 Å². The van der Waals surface area contributed by atoms with E-state index < -0.39 is 17.7 Å². The average Bonchev–Trinajstić information content (AvgIpc) is 2.34. The Balaban J connectivity index is 4.79. The van der Waals surface area contributed by atoms with E-state index in [0.717, 1.165) is 6.08 Å². The predicted octanol–water partition coefficient (Wildman–Crippen LogP) is 2.19. The molecular weight excluding hydrogens is 256 g/mol. The number of carbonyl (C=O) groups is 2. The van der Waals surface area contributed by atoms with Crippen LogP contribution in [0.2, 0.25) is 0 Å². The number of carbonyl (C=O) groups excluding carboxylic acids is 2. The van der Waals surface area contributed by atoms with Crippen molar-refractivity contribution in [1.82, 2.24) is 0 Å². The first kappa shape index (κ1) is 16.6. The minimum absolute atomic E-state index is 0.175. The summed E-state index contributed by atoms with van der Waals surface area (Å²) in [5, 5.41) is 9.36. The van der Waals surface area contributed by atoms with Crippen LogP contribution in [0.1, 0.15) is 20.8 Å². The fourth-order valence-corrected chi connectivity index (χ4v) is 1.61. The zero-order valence-electron chi connectivity index (χ0n) is 10.8. The molecule has 1 N–H and O–H groups in total. The summed E-state index contributed by atoms with van der Waals surface area (Å²) < 4.78 is 9.44. The van der Waals surface area contributed by atoms with Gasteiger partial charge in [0.25, 0.3) is 0 Å². The Hall–Kier alpha value is -1.43. The van der Waals surface area contributed by atoms with Crippen LogP contribution in [-0.4, -0.2) is 36.0 Å². The quantitative estimate of drug-likeness (QED) is 0.332. The summed E-state index contributed by atoms with van der Waals surface area (Å²) in [6, 6.07) is 0. The first-order valence-electron chi connectivity index (χ1n) is 5.64. The van der Waals surface area contributed by atoms with E-state index in [1.165, 1.54) is 17.8 Å². The molecule has 0 aromatic carbocycles. The molecule has 0 spiro atoms. The molecule has 0 rings (SSSR count). The summed E-state index contributed by atoms with van der Waals surface area (Å²) in [5.41, 5.74) is 0. The molecular formula is C12H18O5S. The molecule has 0 heterocycles. The van der Waals surface area contributed by atoms with Crippen LogP contribution in [-0.2, 0) is 19.1 Å². The van der Waals surface area contributed by atoms with Crippen molar-refractivity contribution in [1.29, 1.82) is 0 Å². The highest BCUT2D eigenvalue weighted by atomic mass is 32.2. The summed E-state index contributed by atoms with van der Waals surface area (Å²) >= 11 is 1.27. The van der Waals surface area contributed by atoms with Gasteiger partial charge in [-0.3, -0.25) is 0 Å². The van der Waals surface area contributed by atoms with Crippen LogP contribution < -0.4 is 0 Å². The van der Waals surface area contributed by atoms with Gasteiger partial charge in [-0.05, 0) is 31.8 Å². The van der Waals surface area contributed by atoms with Crippen molar-refractivity contribution >= 4 is 23.7 Å². The summed E-state index contributed by atoms with van der Waals surface area (Å²) in [4.78, 5) is 22.9. The minimum atomic E-state index is -0.821. The molecule has 0 unspecified atom stereocenters. The molecule has 18 heavy (non-hydrogen) atoms. The first-order chi connectivity index (χ1) is 8.56. The van der Waals surface area contributed by atoms with Crippen molar-refractivity contribution in [2.75, 3.05) is 19.0 Å². The monoisotopic (exact) mass is 274 g/mol. The molecule has 6 heteroatoms. The number of aliphatic hydroxyl groups excluding tert-OH is 1. The molecule has 0 radical (unpaired) electrons. The second-order valence-corrected chi connectivity index (χ2v) is 4.26. The molecule has 0 saturated carbocycles. The fraction of sp³-hybridized carbons (Fsp3) is 0.500. The maximum Gasteiger partial charge on any atom is 0.373 e. The first-order valence-corrected chi connectivity index (χ1v) is 6.63. The average molecular weight is 274 g/mol. The number of allylic oxidation sites excluding steroid dienone is 2. The van der Waals surface area contributed by atoms with Gasteiger partial charge in [-0.2, -0.15) is 0 Å². The zero-order valence-corrected chi connectivity index (χ0v) is 11.6. The predicted molar refractivity (Wildman–Crippen MR) is 70.2 cm³/mol. The molecule has 102 valence electrons. The van der Waals surface area contributed by atoms with Crippen LogP contribution in [0.25, 0.3) is 0 Å². The van der Waals surface area contributed by atoms with Crippen molar-refractivity contribution in [3.05, 3.63) is 22.8 Å². The van der Waals surface area contributed by atoms with Crippen LogP contribution in [0.3, 0.4) is 0 Å². The Morgan fingerprint density at radius 2 is 1.61 bits per heavy atom. The number of esters is 2. The summed E-state index contributed by atoms with van der Waals surface area (Å²) in [7, 11) is 0. The molecule has 0 aliphatic rings. The maximum absolute atomic E-state index is 11.5. The smallest absolute Gasteiger partial charge is 0.373 e. The van der Waals surface area contributed by atoms with Crippen LogP contribution in [0.5, 0.6) is 0 Å². The highest BCUT2D eigenvalue weighted by molar-refractivity contribution is 8.03. The lowest BCUT2D eigenvalue weighted by Gasteiger charge is -2.04. The Morgan fingerprint density at radius 3 is 2.11 bits per heavy atom. The van der Waals surface area contributed by atoms with Gasteiger partial charge in [0.05, 0.1) is 18.1 Å². The third-order valence-corrected chi connectivity index (χ3v) is 2.56. The van der Waals surface area contributed by atoms with Gasteiger partial charge < -0.3 is 14.6 Å². The molecule has 5 nitrogen and oxygen atoms in total. The molecule has 0 aliphatic carbocycles. The summed E-state index contributed by atoms with van der Waals surface area (Å²) in [5.74, 6) is -1.16. The van der Waals surface area contributed by atoms with Gasteiger partial charge in [-0.1, -0.05) is 6.92 Å². The molecule has 0 amide bonds. The number of aliphatic hydroxyl groups is 1. The van der Waals surface area contributed by atoms with Crippen LogP contribution in [0.15, 0.2) is 22.8 Å². The van der Waals surface area contributed by atoms with E-state index in [1.54, 1.807) is 13.8 Å². The van der Waals surface area contributed by atoms with Gasteiger partial charge >= 0.3 is 11.9 Å². The van der Waals surface area contributed by atoms with Crippen molar-refractivity contribution < 1.29 is 24.2 Å². The van der Waals surface area contributed by atoms with E-state index in [0.29, 0.717) is 10.7 Å². The number of thioether (sulfide) groups is 1. The van der Waals surface area contributed by atoms with Gasteiger partial charge in [-0.15, -0.1) is 11.8 Å². The van der Waals surface area contributed by atoms with E-state index in [1.807, 2.05) is 6.92 Å². The Labute approximate surface area is 111 Å². The second-order valence-electron chi connectivity index (χ2n) is 2.96. The van der Waals surface area contributed by atoms with Crippen LogP contribution >= 0.6 is 11.8 Å². The van der Waals surface area contributed by atoms with E-state index in [-0.39, 0.29) is 13.2 Å². The Morgan fingerprint density at radius 1 is 1.06 bits per heavy atom. The van der Waals surface area contributed by atoms with Gasteiger partial charge in [-0.25, -0.2) is 9.59 Å². The number of ether oxygens (including phenoxy) is 2. The third-order valence-electron chi connectivity index (χ3n) is 1.65. The highest BCUT2D eigenvalue weighted by Gasteiger charge is 2.11. The lowest BCUT2D eigenvalue weighted by molar-refractivity contribution is -0.141. The van der Waals surface area contributed by atoms with Crippen LogP contribution in [0, 0.1) is 0 Å². The fourth-order valence-electron chi connectivity index (χ4n) is 0.961. The van der Waals surface area contributed by atoms with Crippen molar-refractivity contribution in [2.45, 2.75) is 20.8 Å². The van der Waals surface area contributed by atoms with E-state index >= 15 is 0 Å². The molecule has 0 atom stereocenters. The molecule has 0 aromatic rings. The molecule has 0 aliphatic heterocycles. The summed E-state index contributed by atoms with van der Waals surface area (Å²) in [6.07, 6.45) is 2.48. The summed E-state index contributed by atoms with van der Waals surface area (Å²) in [6.45, 7) is 5.67. The van der Waals surface area contributed by atoms with Crippen molar-refractivity contribution in [3.63, 3.8) is 0 Å². The van der Waals surface area contributed by atoms with Gasteiger partial charge in [0.1, 0.15) is 0 Å². The normalized spacial score (nSPS) is 12.2. The Bertz CT molecular complexity index is 346. The number of hydrogen-bond donors (Lipinski definition) is 1. The zero-order chi connectivity index (χ0) is 14.0. The highest BCUT2D eigenvalue weighted by Crippen LogP contribution is 2.17. The third kappa shape index (κ3) is 6.34. The molecule has 0 fully saturated rings. The lowest BCUT2D eigenvalue weighted by atomic mass is 10.4. The number of rotatable bonds is 7. The van der Waals surface area contributed by atoms with Crippen molar-refractivity contribution in [3.8, 4) is 0 Å². The Kier molecular flexibility index (Phi) is 8.82. The van der Waals surface area contributed by atoms with Gasteiger partial charge in [0, 0.05) is 0 Å². The van der Waals surface area contributed by atoms with Crippen molar-refractivity contribution in [2.24, 2.45) is 0 Å². The maximum atomic E-state index is 11.5. The van der Waals surface area contributed by atoms with E-state index in [2.05, 4.69) is 4.74 Å². The SMILES string of the molecule is CCOC(=O)/C(O)=C/C=C(\SCC)C(=O)OCC. The number of hydrogen-bond acceptors (Lipinski definition) is 6.